The summed E-state index contributed by atoms with van der Waals surface area (Å²) in [6.07, 6.45) is 0. The number of nitrogens with zero attached hydrogens (tertiary/aromatic N) is 4. The fourth-order valence-electron chi connectivity index (χ4n) is 10.3. The Kier molecular flexibility index (Phi) is 8.74. The van der Waals surface area contributed by atoms with Gasteiger partial charge in [-0.25, -0.2) is 0 Å². The van der Waals surface area contributed by atoms with E-state index < -0.39 is 7.44 Å². The first-order chi connectivity index (χ1) is 32.6. The van der Waals surface area contributed by atoms with E-state index in [9.17, 15) is 0 Å². The lowest BCUT2D eigenvalue weighted by Crippen LogP contribution is -2.26. The molecule has 12 aromatic rings. The van der Waals surface area contributed by atoms with Gasteiger partial charge in [0.1, 0.15) is 0 Å². The number of aromatic nitrogens is 2. The van der Waals surface area contributed by atoms with Gasteiger partial charge >= 0.3 is 7.44 Å². The van der Waals surface area contributed by atoms with Gasteiger partial charge in [-0.2, -0.15) is 0 Å². The summed E-state index contributed by atoms with van der Waals surface area (Å²) < 4.78 is 25.1. The lowest BCUT2D eigenvalue weighted by atomic mass is 9.99. The monoisotopic (exact) mass is 864 g/mol. The van der Waals surface area contributed by atoms with Crippen LogP contribution in [0.4, 0.5) is 22.7 Å². The maximum atomic E-state index is 16.2. The van der Waals surface area contributed by atoms with Crippen LogP contribution in [0.1, 0.15) is 0 Å². The van der Waals surface area contributed by atoms with Gasteiger partial charge in [0.2, 0.25) is 0 Å². The highest BCUT2D eigenvalue weighted by molar-refractivity contribution is 7.76. The Labute approximate surface area is 382 Å². The SMILES string of the molecule is O=P1(c2ccccc2)N(c2ccccc2)c2ccc(-c3ccc4c(c3)c3cc(-c5ccc6c(c5)c5ccccc5n6-c5ccccc5)ccc3n4-c3ccccc3)cc2N1c1ccccc1. The first-order valence-corrected chi connectivity index (χ1v) is 24.0. The van der Waals surface area contributed by atoms with Gasteiger partial charge in [-0.05, 0) is 138 Å². The summed E-state index contributed by atoms with van der Waals surface area (Å²) in [5.74, 6) is 0. The molecule has 0 spiro atoms. The molecule has 0 saturated heterocycles. The molecule has 0 fully saturated rings. The zero-order valence-corrected chi connectivity index (χ0v) is 36.7. The number of hydrogen-bond donors (Lipinski definition) is 0. The molecule has 13 rings (SSSR count). The summed E-state index contributed by atoms with van der Waals surface area (Å²) in [5.41, 5.74) is 14.9. The normalized spacial score (nSPS) is 14.7. The Morgan fingerprint density at radius 2 is 0.621 bits per heavy atom. The van der Waals surface area contributed by atoms with Crippen LogP contribution in [-0.2, 0) is 4.57 Å². The molecule has 312 valence electrons. The fourth-order valence-corrected chi connectivity index (χ4v) is 13.3. The molecule has 1 unspecified atom stereocenters. The van der Waals surface area contributed by atoms with E-state index in [1.165, 1.54) is 32.8 Å². The van der Waals surface area contributed by atoms with Gasteiger partial charge < -0.3 is 9.13 Å². The van der Waals surface area contributed by atoms with Crippen LogP contribution in [0.3, 0.4) is 0 Å². The Morgan fingerprint density at radius 1 is 0.273 bits per heavy atom. The molecule has 10 aromatic carbocycles. The summed E-state index contributed by atoms with van der Waals surface area (Å²) in [6, 6.07) is 87.4. The number of anilines is 4. The highest BCUT2D eigenvalue weighted by Gasteiger charge is 2.49. The molecular weight excluding hydrogens is 824 g/mol. The quantitative estimate of drug-likeness (QED) is 0.150. The second-order valence-electron chi connectivity index (χ2n) is 16.9. The van der Waals surface area contributed by atoms with Crippen LogP contribution in [0.25, 0.3) is 77.2 Å². The summed E-state index contributed by atoms with van der Waals surface area (Å²) >= 11 is 0. The van der Waals surface area contributed by atoms with Crippen LogP contribution >= 0.6 is 7.44 Å². The Hall–Kier alpha value is -8.37. The third kappa shape index (κ3) is 5.84. The fraction of sp³-hybridized carbons (Fsp3) is 0. The average molecular weight is 865 g/mol. The minimum absolute atomic E-state index is 0.766. The predicted molar refractivity (Wildman–Crippen MR) is 277 cm³/mol. The Balaban J connectivity index is 0.998. The maximum absolute atomic E-state index is 16.2. The average Bonchev–Trinajstić information content (AvgIpc) is 4.00. The Morgan fingerprint density at radius 3 is 1.11 bits per heavy atom. The van der Waals surface area contributed by atoms with Crippen molar-refractivity contribution in [2.75, 3.05) is 9.34 Å². The largest absolute Gasteiger partial charge is 0.309 e. The van der Waals surface area contributed by atoms with Gasteiger partial charge in [0, 0.05) is 44.3 Å². The molecule has 1 aliphatic heterocycles. The molecule has 3 heterocycles. The van der Waals surface area contributed by atoms with E-state index in [4.69, 9.17) is 0 Å². The van der Waals surface area contributed by atoms with Crippen molar-refractivity contribution in [3.63, 3.8) is 0 Å². The van der Waals surface area contributed by atoms with E-state index in [0.29, 0.717) is 0 Å². The maximum Gasteiger partial charge on any atom is 0.301 e. The third-order valence-corrected chi connectivity index (χ3v) is 16.1. The van der Waals surface area contributed by atoms with Crippen LogP contribution < -0.4 is 14.6 Å². The third-order valence-electron chi connectivity index (χ3n) is 13.2. The number of rotatable bonds is 7. The second kappa shape index (κ2) is 15.1. The lowest BCUT2D eigenvalue weighted by molar-refractivity contribution is 0.582. The lowest BCUT2D eigenvalue weighted by Gasteiger charge is -2.33. The zero-order valence-electron chi connectivity index (χ0n) is 35.8. The standard InChI is InChI=1S/C60H41N4OP/c65-66(50-26-14-5-15-27-50)63(48-22-10-3-11-23-48)59-37-33-45(41-60(59)64(66)49-24-12-4-13-25-49)44-32-36-58-54(40-44)53-39-43(31-35-57(53)62(58)47-20-8-2-9-21-47)42-30-34-56-52(38-42)51-28-16-17-29-55(51)61(56)46-18-6-1-7-19-46/h1-41H. The molecule has 6 heteroatoms. The van der Waals surface area contributed by atoms with Crippen molar-refractivity contribution in [3.05, 3.63) is 249 Å². The smallest absolute Gasteiger partial charge is 0.301 e. The van der Waals surface area contributed by atoms with Gasteiger partial charge in [0.05, 0.1) is 38.7 Å². The van der Waals surface area contributed by atoms with E-state index in [-0.39, 0.29) is 0 Å². The van der Waals surface area contributed by atoms with E-state index in [2.05, 4.69) is 188 Å². The molecule has 0 saturated carbocycles. The molecule has 0 radical (unpaired) electrons. The topological polar surface area (TPSA) is 33.4 Å². The summed E-state index contributed by atoms with van der Waals surface area (Å²) in [4.78, 5) is 0. The second-order valence-corrected chi connectivity index (χ2v) is 19.3. The zero-order chi connectivity index (χ0) is 43.8. The van der Waals surface area contributed by atoms with E-state index in [1.807, 2.05) is 78.9 Å². The van der Waals surface area contributed by atoms with Crippen molar-refractivity contribution in [2.45, 2.75) is 0 Å². The van der Waals surface area contributed by atoms with Crippen LogP contribution in [0.2, 0.25) is 0 Å². The molecule has 0 N–H and O–H groups in total. The van der Waals surface area contributed by atoms with E-state index >= 15 is 4.57 Å². The van der Waals surface area contributed by atoms with Crippen LogP contribution in [0, 0.1) is 0 Å². The molecule has 0 aliphatic carbocycles. The van der Waals surface area contributed by atoms with Crippen molar-refractivity contribution in [3.8, 4) is 33.6 Å². The molecular formula is C60H41N4OP. The summed E-state index contributed by atoms with van der Waals surface area (Å²) in [7, 11) is -3.50. The summed E-state index contributed by atoms with van der Waals surface area (Å²) in [5, 5.41) is 5.57. The van der Waals surface area contributed by atoms with Crippen molar-refractivity contribution in [2.24, 2.45) is 0 Å². The Bertz CT molecular complexity index is 3850. The van der Waals surface area contributed by atoms with Crippen molar-refractivity contribution in [1.82, 2.24) is 9.13 Å². The van der Waals surface area contributed by atoms with Gasteiger partial charge in [0.25, 0.3) is 0 Å². The number of hydrogen-bond acceptors (Lipinski definition) is 1. The molecule has 0 amide bonds. The molecule has 66 heavy (non-hydrogen) atoms. The van der Waals surface area contributed by atoms with Crippen LogP contribution in [-0.4, -0.2) is 9.13 Å². The predicted octanol–water partition coefficient (Wildman–Crippen LogP) is 16.0. The molecule has 5 nitrogen and oxygen atoms in total. The van der Waals surface area contributed by atoms with Gasteiger partial charge in [-0.1, -0.05) is 133 Å². The highest BCUT2D eigenvalue weighted by atomic mass is 31.2. The number of para-hydroxylation sites is 5. The van der Waals surface area contributed by atoms with Gasteiger partial charge in [-0.3, -0.25) is 13.9 Å². The summed E-state index contributed by atoms with van der Waals surface area (Å²) in [6.45, 7) is 0. The molecule has 0 bridgehead atoms. The van der Waals surface area contributed by atoms with E-state index in [1.54, 1.807) is 0 Å². The van der Waals surface area contributed by atoms with Crippen molar-refractivity contribution < 1.29 is 4.57 Å². The van der Waals surface area contributed by atoms with Crippen LogP contribution in [0.5, 0.6) is 0 Å². The minimum Gasteiger partial charge on any atom is -0.309 e. The van der Waals surface area contributed by atoms with Crippen LogP contribution in [0.15, 0.2) is 249 Å². The molecule has 1 atom stereocenters. The highest BCUT2D eigenvalue weighted by Crippen LogP contribution is 2.70. The first kappa shape index (κ1) is 38.1. The van der Waals surface area contributed by atoms with Gasteiger partial charge in [-0.15, -0.1) is 0 Å². The molecule has 1 aliphatic rings. The number of benzene rings is 10. The minimum atomic E-state index is -3.50. The van der Waals surface area contributed by atoms with Crippen molar-refractivity contribution in [1.29, 1.82) is 0 Å². The first-order valence-electron chi connectivity index (χ1n) is 22.4. The molecule has 2 aromatic heterocycles. The van der Waals surface area contributed by atoms with Crippen molar-refractivity contribution >= 4 is 79.1 Å². The van der Waals surface area contributed by atoms with E-state index in [0.717, 1.165) is 72.5 Å². The van der Waals surface area contributed by atoms with Gasteiger partial charge in [0.15, 0.2) is 0 Å². The number of fused-ring (bicyclic) bond motifs is 7.